The molecule has 2 heterocycles. The molecule has 16 heavy (non-hydrogen) atoms. The predicted molar refractivity (Wildman–Crippen MR) is 54.9 cm³/mol. The number of anilines is 1. The first-order chi connectivity index (χ1) is 7.74. The summed E-state index contributed by atoms with van der Waals surface area (Å²) in [4.78, 5) is 15.2. The van der Waals surface area contributed by atoms with Crippen molar-refractivity contribution < 1.29 is 4.79 Å². The second kappa shape index (κ2) is 4.43. The molecule has 0 bridgehead atoms. The first-order valence-corrected chi connectivity index (χ1v) is 4.63. The Morgan fingerprint density at radius 3 is 3.12 bits per heavy atom. The molecule has 2 rings (SSSR count). The predicted octanol–water partition coefficient (Wildman–Crippen LogP) is -1.10. The number of aromatic amines is 1. The van der Waals surface area contributed by atoms with Crippen molar-refractivity contribution in [2.75, 3.05) is 5.73 Å². The third kappa shape index (κ3) is 2.56. The highest BCUT2D eigenvalue weighted by Gasteiger charge is 2.04. The molecule has 0 atom stereocenters. The van der Waals surface area contributed by atoms with Crippen LogP contribution in [0.2, 0.25) is 0 Å². The van der Waals surface area contributed by atoms with Crippen LogP contribution in [-0.4, -0.2) is 30.9 Å². The standard InChI is InChI=1S/C8H11N7O/c9-8-11-5-15(14-8)4-7(16)10-1-6-2-12-13-3-6/h2-3,5H,1,4H2,(H2,9,14)(H,10,16)(H,12,13). The van der Waals surface area contributed by atoms with E-state index in [2.05, 4.69) is 25.6 Å². The molecule has 84 valence electrons. The summed E-state index contributed by atoms with van der Waals surface area (Å²) >= 11 is 0. The summed E-state index contributed by atoms with van der Waals surface area (Å²) in [6.07, 6.45) is 4.77. The molecular formula is C8H11N7O. The zero-order valence-electron chi connectivity index (χ0n) is 8.42. The number of carbonyl (C=O) groups is 1. The number of nitrogens with one attached hydrogen (secondary N) is 2. The van der Waals surface area contributed by atoms with E-state index in [4.69, 9.17) is 5.73 Å². The van der Waals surface area contributed by atoms with Gasteiger partial charge in [0.05, 0.1) is 6.20 Å². The first kappa shape index (κ1) is 10.1. The number of amides is 1. The topological polar surface area (TPSA) is 115 Å². The van der Waals surface area contributed by atoms with Gasteiger partial charge in [0.1, 0.15) is 12.9 Å². The number of rotatable bonds is 4. The van der Waals surface area contributed by atoms with Crippen molar-refractivity contribution in [2.24, 2.45) is 0 Å². The van der Waals surface area contributed by atoms with Crippen LogP contribution in [0.25, 0.3) is 0 Å². The molecule has 2 aromatic rings. The first-order valence-electron chi connectivity index (χ1n) is 4.63. The number of H-pyrrole nitrogens is 1. The van der Waals surface area contributed by atoms with E-state index in [0.29, 0.717) is 6.54 Å². The Morgan fingerprint density at radius 1 is 1.62 bits per heavy atom. The van der Waals surface area contributed by atoms with Crippen LogP contribution in [0.3, 0.4) is 0 Å². The molecule has 2 aromatic heterocycles. The maximum Gasteiger partial charge on any atom is 0.242 e. The van der Waals surface area contributed by atoms with Gasteiger partial charge in [0, 0.05) is 18.3 Å². The molecular weight excluding hydrogens is 210 g/mol. The number of hydrogen-bond donors (Lipinski definition) is 3. The Kier molecular flexibility index (Phi) is 2.81. The molecule has 0 radical (unpaired) electrons. The lowest BCUT2D eigenvalue weighted by Gasteiger charge is -2.02. The summed E-state index contributed by atoms with van der Waals surface area (Å²) in [6.45, 7) is 0.529. The van der Waals surface area contributed by atoms with Crippen LogP contribution in [0.4, 0.5) is 5.95 Å². The van der Waals surface area contributed by atoms with E-state index in [0.717, 1.165) is 5.56 Å². The quantitative estimate of drug-likeness (QED) is 0.606. The molecule has 0 aliphatic carbocycles. The van der Waals surface area contributed by atoms with Gasteiger partial charge in [-0.3, -0.25) is 9.89 Å². The molecule has 0 aromatic carbocycles. The van der Waals surface area contributed by atoms with Gasteiger partial charge in [0.2, 0.25) is 11.9 Å². The van der Waals surface area contributed by atoms with Crippen molar-refractivity contribution >= 4 is 11.9 Å². The van der Waals surface area contributed by atoms with Gasteiger partial charge in [0.15, 0.2) is 0 Å². The minimum atomic E-state index is -0.161. The fraction of sp³-hybridized carbons (Fsp3) is 0.250. The second-order valence-electron chi connectivity index (χ2n) is 3.18. The van der Waals surface area contributed by atoms with E-state index < -0.39 is 0 Å². The van der Waals surface area contributed by atoms with Gasteiger partial charge in [-0.05, 0) is 0 Å². The van der Waals surface area contributed by atoms with Crippen LogP contribution in [0.5, 0.6) is 0 Å². The van der Waals surface area contributed by atoms with E-state index in [-0.39, 0.29) is 18.4 Å². The van der Waals surface area contributed by atoms with E-state index in [9.17, 15) is 4.79 Å². The van der Waals surface area contributed by atoms with E-state index in [1.54, 1.807) is 12.4 Å². The fourth-order valence-corrected chi connectivity index (χ4v) is 1.16. The van der Waals surface area contributed by atoms with Gasteiger partial charge in [-0.25, -0.2) is 9.67 Å². The van der Waals surface area contributed by atoms with Gasteiger partial charge in [-0.2, -0.15) is 5.10 Å². The normalized spacial score (nSPS) is 10.2. The van der Waals surface area contributed by atoms with E-state index >= 15 is 0 Å². The number of aromatic nitrogens is 5. The van der Waals surface area contributed by atoms with Crippen molar-refractivity contribution in [2.45, 2.75) is 13.1 Å². The largest absolute Gasteiger partial charge is 0.367 e. The van der Waals surface area contributed by atoms with E-state index in [1.807, 2.05) is 0 Å². The monoisotopic (exact) mass is 221 g/mol. The van der Waals surface area contributed by atoms with Crippen molar-refractivity contribution in [1.82, 2.24) is 30.3 Å². The molecule has 8 nitrogen and oxygen atoms in total. The van der Waals surface area contributed by atoms with Crippen LogP contribution in [-0.2, 0) is 17.9 Å². The zero-order valence-corrected chi connectivity index (χ0v) is 8.42. The third-order valence-corrected chi connectivity index (χ3v) is 1.90. The van der Waals surface area contributed by atoms with Gasteiger partial charge in [0.25, 0.3) is 0 Å². The Labute approximate surface area is 90.9 Å². The minimum absolute atomic E-state index is 0.0993. The Balaban J connectivity index is 1.81. The smallest absolute Gasteiger partial charge is 0.242 e. The van der Waals surface area contributed by atoms with Gasteiger partial charge < -0.3 is 11.1 Å². The maximum atomic E-state index is 11.4. The van der Waals surface area contributed by atoms with Crippen molar-refractivity contribution in [3.63, 3.8) is 0 Å². The molecule has 0 spiro atoms. The molecule has 0 saturated carbocycles. The number of nitrogen functional groups attached to an aromatic ring is 1. The van der Waals surface area contributed by atoms with Crippen LogP contribution >= 0.6 is 0 Å². The highest BCUT2D eigenvalue weighted by Crippen LogP contribution is 1.93. The lowest BCUT2D eigenvalue weighted by molar-refractivity contribution is -0.122. The van der Waals surface area contributed by atoms with Crippen molar-refractivity contribution in [1.29, 1.82) is 0 Å². The average Bonchev–Trinajstić information content (AvgIpc) is 2.87. The fourth-order valence-electron chi connectivity index (χ4n) is 1.16. The molecule has 0 aliphatic rings. The van der Waals surface area contributed by atoms with Crippen LogP contribution in [0.1, 0.15) is 5.56 Å². The van der Waals surface area contributed by atoms with Crippen molar-refractivity contribution in [3.05, 3.63) is 24.3 Å². The molecule has 8 heteroatoms. The Morgan fingerprint density at radius 2 is 2.50 bits per heavy atom. The number of nitrogens with two attached hydrogens (primary N) is 1. The Hall–Kier alpha value is -2.38. The lowest BCUT2D eigenvalue weighted by Crippen LogP contribution is -2.27. The molecule has 1 amide bonds. The Bertz CT molecular complexity index is 460. The summed E-state index contributed by atoms with van der Waals surface area (Å²) in [7, 11) is 0. The van der Waals surface area contributed by atoms with Crippen LogP contribution in [0.15, 0.2) is 18.7 Å². The summed E-state index contributed by atoms with van der Waals surface area (Å²) < 4.78 is 1.38. The number of carbonyl (C=O) groups excluding carboxylic acids is 1. The van der Waals surface area contributed by atoms with Gasteiger partial charge in [-0.1, -0.05) is 0 Å². The minimum Gasteiger partial charge on any atom is -0.367 e. The maximum absolute atomic E-state index is 11.4. The highest BCUT2D eigenvalue weighted by molar-refractivity contribution is 5.75. The van der Waals surface area contributed by atoms with Gasteiger partial charge >= 0.3 is 0 Å². The summed E-state index contributed by atoms with van der Waals surface area (Å²) in [6, 6.07) is 0. The number of nitrogens with zero attached hydrogens (tertiary/aromatic N) is 4. The number of hydrogen-bond acceptors (Lipinski definition) is 5. The SMILES string of the molecule is Nc1ncn(CC(=O)NCc2cn[nH]c2)n1. The second-order valence-corrected chi connectivity index (χ2v) is 3.18. The van der Waals surface area contributed by atoms with E-state index in [1.165, 1.54) is 11.0 Å². The summed E-state index contributed by atoms with van der Waals surface area (Å²) in [5.41, 5.74) is 6.23. The van der Waals surface area contributed by atoms with Crippen LogP contribution in [0, 0.1) is 0 Å². The molecule has 0 fully saturated rings. The van der Waals surface area contributed by atoms with Gasteiger partial charge in [-0.15, -0.1) is 5.10 Å². The lowest BCUT2D eigenvalue weighted by atomic mass is 10.3. The highest BCUT2D eigenvalue weighted by atomic mass is 16.2. The molecule has 4 N–H and O–H groups in total. The molecule has 0 unspecified atom stereocenters. The average molecular weight is 221 g/mol. The van der Waals surface area contributed by atoms with Crippen LogP contribution < -0.4 is 11.1 Å². The summed E-state index contributed by atoms with van der Waals surface area (Å²) in [5.74, 6) is -0.00580. The molecule has 0 aliphatic heterocycles. The third-order valence-electron chi connectivity index (χ3n) is 1.90. The van der Waals surface area contributed by atoms with Crippen molar-refractivity contribution in [3.8, 4) is 0 Å². The summed E-state index contributed by atoms with van der Waals surface area (Å²) in [5, 5.41) is 12.9. The molecule has 0 saturated heterocycles. The zero-order chi connectivity index (χ0) is 11.4.